The lowest BCUT2D eigenvalue weighted by atomic mass is 10.2. The normalized spacial score (nSPS) is 11.6. The van der Waals surface area contributed by atoms with Gasteiger partial charge in [0.2, 0.25) is 0 Å². The quantitative estimate of drug-likeness (QED) is 0.575. The molecule has 0 fully saturated rings. The van der Waals surface area contributed by atoms with Crippen LogP contribution in [0.2, 0.25) is 5.02 Å². The number of rotatable bonds is 5. The lowest BCUT2D eigenvalue weighted by Gasteiger charge is -2.03. The molecule has 2 rings (SSSR count). The van der Waals surface area contributed by atoms with Crippen LogP contribution in [-0.4, -0.2) is 17.3 Å². The lowest BCUT2D eigenvalue weighted by Crippen LogP contribution is -1.99. The Hall–Kier alpha value is -2.11. The first-order valence-electron chi connectivity index (χ1n) is 6.30. The Morgan fingerprint density at radius 1 is 1.23 bits per heavy atom. The Kier molecular flexibility index (Phi) is 5.75. The number of nitrogens with zero attached hydrogens (tertiary/aromatic N) is 1. The molecule has 0 amide bonds. The Morgan fingerprint density at radius 2 is 1.95 bits per heavy atom. The van der Waals surface area contributed by atoms with Gasteiger partial charge < -0.3 is 5.11 Å². The summed E-state index contributed by atoms with van der Waals surface area (Å²) in [6, 6.07) is 14.4. The number of benzene rings is 2. The molecule has 2 aromatic carbocycles. The summed E-state index contributed by atoms with van der Waals surface area (Å²) in [5.74, 6) is -1.08. The van der Waals surface area contributed by atoms with Gasteiger partial charge in [0.15, 0.2) is 0 Å². The fourth-order valence-electron chi connectivity index (χ4n) is 1.67. The molecule has 22 heavy (non-hydrogen) atoms. The minimum atomic E-state index is -1.08. The summed E-state index contributed by atoms with van der Waals surface area (Å²) in [5.41, 5.74) is 4.37. The second kappa shape index (κ2) is 7.77. The average molecular weight is 380 g/mol. The largest absolute Gasteiger partial charge is 0.478 e. The molecular formula is C16H12BrClN2O2. The third-order valence-electron chi connectivity index (χ3n) is 2.68. The molecule has 0 atom stereocenters. The summed E-state index contributed by atoms with van der Waals surface area (Å²) in [6.07, 6.45) is 3.50. The topological polar surface area (TPSA) is 61.7 Å². The van der Waals surface area contributed by atoms with Crippen LogP contribution in [0.15, 0.2) is 58.1 Å². The van der Waals surface area contributed by atoms with E-state index in [1.54, 1.807) is 12.3 Å². The molecule has 0 bridgehead atoms. The predicted molar refractivity (Wildman–Crippen MR) is 93.9 cm³/mol. The highest BCUT2D eigenvalue weighted by Crippen LogP contribution is 2.20. The number of carboxylic acids is 1. The number of nitrogens with one attached hydrogen (secondary N) is 1. The van der Waals surface area contributed by atoms with Crippen molar-refractivity contribution in [3.05, 3.63) is 69.2 Å². The van der Waals surface area contributed by atoms with E-state index in [1.807, 2.05) is 36.4 Å². The van der Waals surface area contributed by atoms with Gasteiger partial charge in [-0.1, -0.05) is 41.9 Å². The van der Waals surface area contributed by atoms with Crippen molar-refractivity contribution in [2.45, 2.75) is 0 Å². The van der Waals surface area contributed by atoms with Crippen LogP contribution in [0.25, 0.3) is 6.08 Å². The molecule has 112 valence electrons. The van der Waals surface area contributed by atoms with E-state index in [2.05, 4.69) is 26.5 Å². The molecule has 0 heterocycles. The van der Waals surface area contributed by atoms with Gasteiger partial charge in [-0.3, -0.25) is 5.43 Å². The van der Waals surface area contributed by atoms with Crippen molar-refractivity contribution in [1.29, 1.82) is 0 Å². The number of anilines is 1. The van der Waals surface area contributed by atoms with E-state index in [0.717, 1.165) is 10.0 Å². The lowest BCUT2D eigenvalue weighted by molar-refractivity contribution is 0.0697. The highest BCUT2D eigenvalue weighted by atomic mass is 79.9. The van der Waals surface area contributed by atoms with Crippen molar-refractivity contribution in [1.82, 2.24) is 0 Å². The van der Waals surface area contributed by atoms with E-state index >= 15 is 0 Å². The van der Waals surface area contributed by atoms with Gasteiger partial charge in [0.25, 0.3) is 0 Å². The molecule has 0 saturated heterocycles. The summed E-state index contributed by atoms with van der Waals surface area (Å²) < 4.78 is 0.777. The van der Waals surface area contributed by atoms with Gasteiger partial charge in [0.1, 0.15) is 0 Å². The van der Waals surface area contributed by atoms with Crippen LogP contribution in [0.1, 0.15) is 15.9 Å². The van der Waals surface area contributed by atoms with Crippen molar-refractivity contribution in [2.24, 2.45) is 5.10 Å². The average Bonchev–Trinajstić information content (AvgIpc) is 2.49. The number of hydrogen-bond acceptors (Lipinski definition) is 3. The number of aromatic carboxylic acids is 1. The van der Waals surface area contributed by atoms with Crippen LogP contribution in [-0.2, 0) is 0 Å². The first kappa shape index (κ1) is 16.3. The second-order valence-corrected chi connectivity index (χ2v) is 5.63. The predicted octanol–water partition coefficient (Wildman–Crippen LogP) is 4.87. The summed E-state index contributed by atoms with van der Waals surface area (Å²) in [4.78, 5) is 11.0. The molecule has 0 radical (unpaired) electrons. The Morgan fingerprint density at radius 3 is 2.64 bits per heavy atom. The molecular weight excluding hydrogens is 368 g/mol. The van der Waals surface area contributed by atoms with Gasteiger partial charge in [-0.25, -0.2) is 4.79 Å². The Balaban J connectivity index is 2.05. The van der Waals surface area contributed by atoms with Crippen molar-refractivity contribution in [3.8, 4) is 0 Å². The van der Waals surface area contributed by atoms with Gasteiger partial charge in [-0.05, 0) is 45.8 Å². The smallest absolute Gasteiger partial charge is 0.337 e. The number of carboxylic acid groups (broad SMARTS) is 1. The van der Waals surface area contributed by atoms with E-state index in [9.17, 15) is 4.79 Å². The van der Waals surface area contributed by atoms with Crippen molar-refractivity contribution >= 4 is 51.5 Å². The minimum absolute atomic E-state index is 0.0285. The van der Waals surface area contributed by atoms with Crippen LogP contribution >= 0.6 is 27.5 Å². The Bertz CT molecular complexity index is 730. The molecule has 0 unspecified atom stereocenters. The van der Waals surface area contributed by atoms with Crippen LogP contribution in [0.5, 0.6) is 0 Å². The maximum Gasteiger partial charge on any atom is 0.337 e. The first-order valence-corrected chi connectivity index (χ1v) is 7.47. The first-order chi connectivity index (χ1) is 10.6. The van der Waals surface area contributed by atoms with Crippen molar-refractivity contribution in [3.63, 3.8) is 0 Å². The summed E-state index contributed by atoms with van der Waals surface area (Å²) in [7, 11) is 0. The van der Waals surface area contributed by atoms with Crippen LogP contribution in [0.4, 0.5) is 5.69 Å². The van der Waals surface area contributed by atoms with Gasteiger partial charge >= 0.3 is 5.97 Å². The number of hydrazone groups is 1. The fourth-order valence-corrected chi connectivity index (χ4v) is 2.24. The molecule has 6 heteroatoms. The SMILES string of the molecule is O=C(O)c1cc(NN=CC(Br)=Cc2ccccc2)ccc1Cl. The van der Waals surface area contributed by atoms with Crippen LogP contribution in [0.3, 0.4) is 0 Å². The molecule has 0 aromatic heterocycles. The summed E-state index contributed by atoms with van der Waals surface area (Å²) in [6.45, 7) is 0. The second-order valence-electron chi connectivity index (χ2n) is 4.31. The number of halogens is 2. The highest BCUT2D eigenvalue weighted by Gasteiger charge is 2.08. The fraction of sp³-hybridized carbons (Fsp3) is 0. The van der Waals surface area contributed by atoms with Gasteiger partial charge in [-0.2, -0.15) is 5.10 Å². The van der Waals surface area contributed by atoms with E-state index in [0.29, 0.717) is 5.69 Å². The van der Waals surface area contributed by atoms with Crippen molar-refractivity contribution < 1.29 is 9.90 Å². The molecule has 2 N–H and O–H groups in total. The highest BCUT2D eigenvalue weighted by molar-refractivity contribution is 9.12. The van der Waals surface area contributed by atoms with Crippen LogP contribution < -0.4 is 5.43 Å². The third-order valence-corrected chi connectivity index (χ3v) is 3.45. The van der Waals surface area contributed by atoms with Crippen LogP contribution in [0, 0.1) is 0 Å². The number of allylic oxidation sites excluding steroid dienone is 1. The standard InChI is InChI=1S/C16H12BrClN2O2/c17-12(8-11-4-2-1-3-5-11)10-19-20-13-6-7-15(18)14(9-13)16(21)22/h1-10,20H,(H,21,22). The van der Waals surface area contributed by atoms with E-state index in [-0.39, 0.29) is 10.6 Å². The zero-order chi connectivity index (χ0) is 15.9. The maximum absolute atomic E-state index is 11.0. The molecule has 0 aliphatic heterocycles. The Labute approximate surface area is 141 Å². The summed E-state index contributed by atoms with van der Waals surface area (Å²) >= 11 is 9.20. The van der Waals surface area contributed by atoms with Gasteiger partial charge in [0.05, 0.1) is 22.5 Å². The molecule has 2 aromatic rings. The zero-order valence-corrected chi connectivity index (χ0v) is 13.7. The van der Waals surface area contributed by atoms with Gasteiger partial charge in [-0.15, -0.1) is 0 Å². The maximum atomic E-state index is 11.0. The van der Waals surface area contributed by atoms with E-state index < -0.39 is 5.97 Å². The third kappa shape index (κ3) is 4.72. The number of carbonyl (C=O) groups is 1. The molecule has 4 nitrogen and oxygen atoms in total. The molecule has 0 aliphatic carbocycles. The minimum Gasteiger partial charge on any atom is -0.478 e. The van der Waals surface area contributed by atoms with E-state index in [4.69, 9.17) is 16.7 Å². The molecule has 0 spiro atoms. The monoisotopic (exact) mass is 378 g/mol. The zero-order valence-electron chi connectivity index (χ0n) is 11.3. The summed E-state index contributed by atoms with van der Waals surface area (Å²) in [5, 5.41) is 13.2. The molecule has 0 saturated carbocycles. The van der Waals surface area contributed by atoms with Crippen molar-refractivity contribution in [2.75, 3.05) is 5.43 Å². The van der Waals surface area contributed by atoms with Gasteiger partial charge in [0, 0.05) is 4.48 Å². The van der Waals surface area contributed by atoms with E-state index in [1.165, 1.54) is 12.1 Å². The molecule has 0 aliphatic rings. The number of hydrogen-bond donors (Lipinski definition) is 2.